The van der Waals surface area contributed by atoms with E-state index in [9.17, 15) is 4.79 Å². The minimum Gasteiger partial charge on any atom is -0.389 e. The van der Waals surface area contributed by atoms with Gasteiger partial charge in [0.15, 0.2) is 0 Å². The number of rotatable bonds is 5. The fourth-order valence-corrected chi connectivity index (χ4v) is 2.72. The summed E-state index contributed by atoms with van der Waals surface area (Å²) < 4.78 is 0. The lowest BCUT2D eigenvalue weighted by molar-refractivity contribution is -0.116. The Balaban J connectivity index is 1.81. The van der Waals surface area contributed by atoms with Crippen LogP contribution in [0.25, 0.3) is 0 Å². The van der Waals surface area contributed by atoms with Gasteiger partial charge in [0.1, 0.15) is 4.99 Å². The van der Waals surface area contributed by atoms with E-state index in [0.29, 0.717) is 11.4 Å². The molecule has 0 bridgehead atoms. The van der Waals surface area contributed by atoms with Crippen molar-refractivity contribution in [1.82, 2.24) is 4.90 Å². The summed E-state index contributed by atoms with van der Waals surface area (Å²) in [5, 5.41) is 2.91. The third-order valence-electron chi connectivity index (χ3n) is 3.78. The average molecular weight is 305 g/mol. The first kappa shape index (κ1) is 15.9. The molecule has 0 saturated carbocycles. The van der Waals surface area contributed by atoms with Crippen LogP contribution in [0.5, 0.6) is 0 Å². The van der Waals surface area contributed by atoms with Crippen LogP contribution in [0.15, 0.2) is 24.3 Å². The molecule has 1 fully saturated rings. The molecule has 2 rings (SSSR count). The molecule has 0 unspecified atom stereocenters. The van der Waals surface area contributed by atoms with Gasteiger partial charge in [0, 0.05) is 24.2 Å². The number of likely N-dealkylation sites (tertiary alicyclic amines) is 1. The molecule has 1 aliphatic rings. The van der Waals surface area contributed by atoms with Gasteiger partial charge in [-0.25, -0.2) is 0 Å². The van der Waals surface area contributed by atoms with Gasteiger partial charge >= 0.3 is 0 Å². The number of hydrogen-bond donors (Lipinski definition) is 2. The number of nitrogens with one attached hydrogen (secondary N) is 1. The Bertz CT molecular complexity index is 496. The van der Waals surface area contributed by atoms with E-state index < -0.39 is 0 Å². The highest BCUT2D eigenvalue weighted by Gasteiger charge is 2.11. The number of carbonyl (C=O) groups excluding carboxylic acids is 1. The molecule has 4 nitrogen and oxygen atoms in total. The highest BCUT2D eigenvalue weighted by molar-refractivity contribution is 7.80. The SMILES string of the molecule is NC(=S)c1cccc(NC(=O)CCN2CCCCCC2)c1. The number of thiocarbonyl (C=S) groups is 1. The molecule has 1 aromatic carbocycles. The number of anilines is 1. The smallest absolute Gasteiger partial charge is 0.225 e. The molecule has 0 radical (unpaired) electrons. The summed E-state index contributed by atoms with van der Waals surface area (Å²) >= 11 is 4.94. The van der Waals surface area contributed by atoms with Crippen LogP contribution in [0.3, 0.4) is 0 Å². The van der Waals surface area contributed by atoms with Crippen molar-refractivity contribution in [3.63, 3.8) is 0 Å². The van der Waals surface area contributed by atoms with E-state index >= 15 is 0 Å². The second-order valence-electron chi connectivity index (χ2n) is 5.50. The zero-order valence-electron chi connectivity index (χ0n) is 12.3. The summed E-state index contributed by atoms with van der Waals surface area (Å²) in [5.41, 5.74) is 7.12. The third-order valence-corrected chi connectivity index (χ3v) is 4.02. The number of nitrogens with zero attached hydrogens (tertiary/aromatic N) is 1. The highest BCUT2D eigenvalue weighted by Crippen LogP contribution is 2.12. The van der Waals surface area contributed by atoms with Crippen molar-refractivity contribution in [3.05, 3.63) is 29.8 Å². The summed E-state index contributed by atoms with van der Waals surface area (Å²) in [5.74, 6) is 0.0411. The molecular weight excluding hydrogens is 282 g/mol. The van der Waals surface area contributed by atoms with E-state index in [1.54, 1.807) is 0 Å². The van der Waals surface area contributed by atoms with Crippen LogP contribution in [-0.2, 0) is 4.79 Å². The molecule has 1 amide bonds. The van der Waals surface area contributed by atoms with Gasteiger partial charge in [-0.3, -0.25) is 4.79 Å². The topological polar surface area (TPSA) is 58.4 Å². The predicted octanol–water partition coefficient (Wildman–Crippen LogP) is 2.53. The molecule has 21 heavy (non-hydrogen) atoms. The van der Waals surface area contributed by atoms with E-state index in [1.807, 2.05) is 24.3 Å². The molecule has 3 N–H and O–H groups in total. The van der Waals surface area contributed by atoms with Crippen LogP contribution in [0.4, 0.5) is 5.69 Å². The monoisotopic (exact) mass is 305 g/mol. The first-order chi connectivity index (χ1) is 10.1. The minimum absolute atomic E-state index is 0.0411. The number of amides is 1. The predicted molar refractivity (Wildman–Crippen MR) is 90.5 cm³/mol. The van der Waals surface area contributed by atoms with Gasteiger partial charge in [0.05, 0.1) is 0 Å². The maximum atomic E-state index is 12.0. The maximum absolute atomic E-state index is 12.0. The quantitative estimate of drug-likeness (QED) is 0.821. The van der Waals surface area contributed by atoms with Crippen LogP contribution >= 0.6 is 12.2 Å². The first-order valence-corrected chi connectivity index (χ1v) is 7.98. The Labute approximate surface area is 131 Å². The Morgan fingerprint density at radius 3 is 2.62 bits per heavy atom. The number of hydrogen-bond acceptors (Lipinski definition) is 3. The van der Waals surface area contributed by atoms with Gasteiger partial charge in [-0.2, -0.15) is 0 Å². The zero-order chi connectivity index (χ0) is 15.1. The van der Waals surface area contributed by atoms with Gasteiger partial charge in [-0.15, -0.1) is 0 Å². The molecule has 1 aliphatic heterocycles. The molecule has 0 spiro atoms. The molecule has 0 aromatic heterocycles. The van der Waals surface area contributed by atoms with Crippen molar-refractivity contribution in [2.45, 2.75) is 32.1 Å². The van der Waals surface area contributed by atoms with Crippen LogP contribution in [0.1, 0.15) is 37.7 Å². The Morgan fingerprint density at radius 2 is 1.95 bits per heavy atom. The van der Waals surface area contributed by atoms with Crippen LogP contribution in [0.2, 0.25) is 0 Å². The standard InChI is InChI=1S/C16H23N3OS/c17-16(21)13-6-5-7-14(12-13)18-15(20)8-11-19-9-3-1-2-4-10-19/h5-7,12H,1-4,8-11H2,(H2,17,21)(H,18,20). The van der Waals surface area contributed by atoms with Crippen molar-refractivity contribution < 1.29 is 4.79 Å². The largest absolute Gasteiger partial charge is 0.389 e. The van der Waals surface area contributed by atoms with Crippen LogP contribution < -0.4 is 11.1 Å². The number of benzene rings is 1. The van der Waals surface area contributed by atoms with Crippen molar-refractivity contribution in [1.29, 1.82) is 0 Å². The summed E-state index contributed by atoms with van der Waals surface area (Å²) in [7, 11) is 0. The van der Waals surface area contributed by atoms with Crippen molar-refractivity contribution in [2.75, 3.05) is 25.0 Å². The van der Waals surface area contributed by atoms with Gasteiger partial charge in [0.2, 0.25) is 5.91 Å². The third kappa shape index (κ3) is 5.44. The summed E-state index contributed by atoms with van der Waals surface area (Å²) in [6.45, 7) is 3.06. The normalized spacial score (nSPS) is 16.2. The van der Waals surface area contributed by atoms with E-state index in [1.165, 1.54) is 25.7 Å². The zero-order valence-corrected chi connectivity index (χ0v) is 13.1. The highest BCUT2D eigenvalue weighted by atomic mass is 32.1. The first-order valence-electron chi connectivity index (χ1n) is 7.57. The molecular formula is C16H23N3OS. The van der Waals surface area contributed by atoms with Crippen LogP contribution in [-0.4, -0.2) is 35.4 Å². The van der Waals surface area contributed by atoms with Crippen molar-refractivity contribution in [3.8, 4) is 0 Å². The van der Waals surface area contributed by atoms with Gasteiger partial charge in [-0.1, -0.05) is 37.2 Å². The lowest BCUT2D eigenvalue weighted by Crippen LogP contribution is -2.28. The van der Waals surface area contributed by atoms with E-state index in [4.69, 9.17) is 18.0 Å². The number of carbonyl (C=O) groups is 1. The van der Waals surface area contributed by atoms with Crippen molar-refractivity contribution >= 4 is 28.8 Å². The Morgan fingerprint density at radius 1 is 1.24 bits per heavy atom. The molecule has 1 saturated heterocycles. The Kier molecular flexibility index (Phi) is 6.14. The lowest BCUT2D eigenvalue weighted by atomic mass is 10.2. The fraction of sp³-hybridized carbons (Fsp3) is 0.500. The molecule has 1 aromatic rings. The fourth-order valence-electron chi connectivity index (χ4n) is 2.59. The summed E-state index contributed by atoms with van der Waals surface area (Å²) in [6.07, 6.45) is 5.65. The molecule has 1 heterocycles. The van der Waals surface area contributed by atoms with Crippen molar-refractivity contribution in [2.24, 2.45) is 5.73 Å². The van der Waals surface area contributed by atoms with Crippen LogP contribution in [0, 0.1) is 0 Å². The molecule has 114 valence electrons. The number of nitrogens with two attached hydrogens (primary N) is 1. The summed E-state index contributed by atoms with van der Waals surface area (Å²) in [6, 6.07) is 7.35. The molecule has 0 atom stereocenters. The summed E-state index contributed by atoms with van der Waals surface area (Å²) in [4.78, 5) is 14.8. The molecule has 0 aliphatic carbocycles. The minimum atomic E-state index is 0.0411. The maximum Gasteiger partial charge on any atom is 0.225 e. The van der Waals surface area contributed by atoms with E-state index in [2.05, 4.69) is 10.2 Å². The lowest BCUT2D eigenvalue weighted by Gasteiger charge is -2.19. The Hall–Kier alpha value is -1.46. The van der Waals surface area contributed by atoms with Gasteiger partial charge < -0.3 is 16.0 Å². The van der Waals surface area contributed by atoms with E-state index in [-0.39, 0.29) is 5.91 Å². The average Bonchev–Trinajstić information content (AvgIpc) is 2.74. The second-order valence-corrected chi connectivity index (χ2v) is 5.94. The second kappa shape index (κ2) is 8.10. The molecule has 5 heteroatoms. The van der Waals surface area contributed by atoms with Gasteiger partial charge in [0.25, 0.3) is 0 Å². The van der Waals surface area contributed by atoms with E-state index in [0.717, 1.165) is 30.9 Å². The van der Waals surface area contributed by atoms with Gasteiger partial charge in [-0.05, 0) is 38.1 Å².